The Kier molecular flexibility index (Phi) is 5.38. The quantitative estimate of drug-likeness (QED) is 0.662. The fourth-order valence-corrected chi connectivity index (χ4v) is 2.48. The van der Waals surface area contributed by atoms with E-state index in [4.69, 9.17) is 0 Å². The molecule has 0 aliphatic heterocycles. The van der Waals surface area contributed by atoms with Crippen molar-refractivity contribution in [1.82, 2.24) is 15.0 Å². The fraction of sp³-hybridized carbons (Fsp3) is 0.167. The molecule has 5 nitrogen and oxygen atoms in total. The van der Waals surface area contributed by atoms with Crippen molar-refractivity contribution in [1.29, 1.82) is 0 Å². The number of anilines is 2. The summed E-state index contributed by atoms with van der Waals surface area (Å²) in [5.74, 6) is 1.36. The number of halogens is 1. The lowest BCUT2D eigenvalue weighted by Gasteiger charge is -2.10. The van der Waals surface area contributed by atoms with Crippen molar-refractivity contribution in [2.45, 2.75) is 13.5 Å². The zero-order chi connectivity index (χ0) is 16.8. The van der Waals surface area contributed by atoms with Crippen molar-refractivity contribution in [2.24, 2.45) is 0 Å². The summed E-state index contributed by atoms with van der Waals surface area (Å²) in [4.78, 5) is 13.4. The van der Waals surface area contributed by atoms with Gasteiger partial charge in [-0.25, -0.2) is 4.98 Å². The number of nitrogens with zero attached hydrogens (tertiary/aromatic N) is 3. The molecule has 2 N–H and O–H groups in total. The number of hydrogen-bond acceptors (Lipinski definition) is 5. The molecule has 0 atom stereocenters. The molecule has 3 rings (SSSR count). The topological polar surface area (TPSA) is 62.7 Å². The van der Waals surface area contributed by atoms with Gasteiger partial charge in [-0.2, -0.15) is 4.98 Å². The largest absolute Gasteiger partial charge is 0.366 e. The summed E-state index contributed by atoms with van der Waals surface area (Å²) in [5, 5.41) is 6.52. The van der Waals surface area contributed by atoms with Gasteiger partial charge in [0.25, 0.3) is 0 Å². The van der Waals surface area contributed by atoms with Gasteiger partial charge in [-0.05, 0) is 36.8 Å². The van der Waals surface area contributed by atoms with Gasteiger partial charge in [0.05, 0.1) is 11.4 Å². The van der Waals surface area contributed by atoms with Crippen molar-refractivity contribution < 1.29 is 0 Å². The first-order valence-corrected chi connectivity index (χ1v) is 8.56. The molecule has 0 amide bonds. The van der Waals surface area contributed by atoms with E-state index >= 15 is 0 Å². The van der Waals surface area contributed by atoms with Gasteiger partial charge in [0.2, 0.25) is 5.95 Å². The molecule has 0 spiro atoms. The first kappa shape index (κ1) is 16.4. The third kappa shape index (κ3) is 4.29. The molecule has 0 saturated carbocycles. The van der Waals surface area contributed by atoms with Gasteiger partial charge in [0.1, 0.15) is 5.82 Å². The monoisotopic (exact) mass is 383 g/mol. The first-order chi connectivity index (χ1) is 11.7. The van der Waals surface area contributed by atoms with Gasteiger partial charge >= 0.3 is 0 Å². The second-order valence-electron chi connectivity index (χ2n) is 5.19. The van der Waals surface area contributed by atoms with E-state index in [0.717, 1.165) is 28.2 Å². The van der Waals surface area contributed by atoms with Gasteiger partial charge in [-0.1, -0.05) is 34.1 Å². The Morgan fingerprint density at radius 2 is 1.79 bits per heavy atom. The van der Waals surface area contributed by atoms with E-state index in [1.807, 2.05) is 43.3 Å². The highest BCUT2D eigenvalue weighted by atomic mass is 79.9. The maximum atomic E-state index is 4.53. The first-order valence-electron chi connectivity index (χ1n) is 7.77. The molecule has 0 fully saturated rings. The minimum absolute atomic E-state index is 0.596. The van der Waals surface area contributed by atoms with Crippen LogP contribution in [-0.4, -0.2) is 21.5 Å². The third-order valence-corrected chi connectivity index (χ3v) is 3.90. The van der Waals surface area contributed by atoms with Gasteiger partial charge in [0.15, 0.2) is 0 Å². The van der Waals surface area contributed by atoms with Crippen LogP contribution in [0.2, 0.25) is 0 Å². The number of rotatable bonds is 6. The van der Waals surface area contributed by atoms with E-state index in [0.29, 0.717) is 12.5 Å². The highest BCUT2D eigenvalue weighted by molar-refractivity contribution is 9.10. The van der Waals surface area contributed by atoms with Crippen molar-refractivity contribution in [3.8, 4) is 11.4 Å². The molecule has 0 aliphatic rings. The van der Waals surface area contributed by atoms with Crippen LogP contribution in [0.3, 0.4) is 0 Å². The molecule has 6 heteroatoms. The molecule has 1 aromatic carbocycles. The average molecular weight is 384 g/mol. The Morgan fingerprint density at radius 1 is 0.958 bits per heavy atom. The van der Waals surface area contributed by atoms with Crippen LogP contribution in [0, 0.1) is 0 Å². The number of pyridine rings is 1. The summed E-state index contributed by atoms with van der Waals surface area (Å²) >= 11 is 3.45. The SMILES string of the molecule is CCNc1nc(NCc2ccc(Br)cc2)cc(-c2ccccn2)n1. The molecule has 2 aromatic heterocycles. The van der Waals surface area contributed by atoms with Crippen LogP contribution >= 0.6 is 15.9 Å². The highest BCUT2D eigenvalue weighted by Gasteiger charge is 2.07. The Morgan fingerprint density at radius 3 is 2.50 bits per heavy atom. The van der Waals surface area contributed by atoms with Crippen LogP contribution in [0.5, 0.6) is 0 Å². The van der Waals surface area contributed by atoms with Crippen molar-refractivity contribution in [2.75, 3.05) is 17.2 Å². The summed E-state index contributed by atoms with van der Waals surface area (Å²) in [6.07, 6.45) is 1.76. The van der Waals surface area contributed by atoms with Crippen molar-refractivity contribution >= 4 is 27.7 Å². The van der Waals surface area contributed by atoms with E-state index in [2.05, 4.69) is 53.6 Å². The molecule has 24 heavy (non-hydrogen) atoms. The van der Waals surface area contributed by atoms with Gasteiger partial charge in [0, 0.05) is 29.8 Å². The Bertz CT molecular complexity index is 790. The molecular weight excluding hydrogens is 366 g/mol. The van der Waals surface area contributed by atoms with Crippen LogP contribution in [0.25, 0.3) is 11.4 Å². The van der Waals surface area contributed by atoms with Crippen LogP contribution < -0.4 is 10.6 Å². The van der Waals surface area contributed by atoms with Crippen LogP contribution in [0.4, 0.5) is 11.8 Å². The maximum Gasteiger partial charge on any atom is 0.225 e. The molecule has 2 heterocycles. The predicted molar refractivity (Wildman–Crippen MR) is 101 cm³/mol. The molecule has 0 radical (unpaired) electrons. The lowest BCUT2D eigenvalue weighted by atomic mass is 10.2. The van der Waals surface area contributed by atoms with Crippen LogP contribution in [0.15, 0.2) is 59.2 Å². The maximum absolute atomic E-state index is 4.53. The molecule has 122 valence electrons. The third-order valence-electron chi connectivity index (χ3n) is 3.38. The van der Waals surface area contributed by atoms with Crippen LogP contribution in [0.1, 0.15) is 12.5 Å². The zero-order valence-corrected chi connectivity index (χ0v) is 14.9. The zero-order valence-electron chi connectivity index (χ0n) is 13.3. The van der Waals surface area contributed by atoms with Crippen molar-refractivity contribution in [3.63, 3.8) is 0 Å². The second kappa shape index (κ2) is 7.88. The summed E-state index contributed by atoms with van der Waals surface area (Å²) in [7, 11) is 0. The Balaban J connectivity index is 1.83. The number of nitrogens with one attached hydrogen (secondary N) is 2. The van der Waals surface area contributed by atoms with E-state index in [-0.39, 0.29) is 0 Å². The Labute approximate surface area is 149 Å². The summed E-state index contributed by atoms with van der Waals surface area (Å²) in [6.45, 7) is 3.47. The normalized spacial score (nSPS) is 10.4. The molecular formula is C18H18BrN5. The summed E-state index contributed by atoms with van der Waals surface area (Å²) in [5.41, 5.74) is 2.80. The second-order valence-corrected chi connectivity index (χ2v) is 6.10. The summed E-state index contributed by atoms with van der Waals surface area (Å²) in [6, 6.07) is 15.9. The standard InChI is InChI=1S/C18H18BrN5/c1-2-20-18-23-16(15-5-3-4-10-21-15)11-17(24-18)22-12-13-6-8-14(19)9-7-13/h3-11H,2,12H2,1H3,(H2,20,22,23,24). The minimum atomic E-state index is 0.596. The summed E-state index contributed by atoms with van der Waals surface area (Å²) < 4.78 is 1.07. The lowest BCUT2D eigenvalue weighted by Crippen LogP contribution is -2.07. The fourth-order valence-electron chi connectivity index (χ4n) is 2.22. The van der Waals surface area contributed by atoms with Crippen molar-refractivity contribution in [3.05, 3.63) is 64.8 Å². The van der Waals surface area contributed by atoms with Gasteiger partial charge in [-0.15, -0.1) is 0 Å². The smallest absolute Gasteiger partial charge is 0.225 e. The van der Waals surface area contributed by atoms with E-state index in [9.17, 15) is 0 Å². The van der Waals surface area contributed by atoms with E-state index in [1.54, 1.807) is 6.20 Å². The minimum Gasteiger partial charge on any atom is -0.366 e. The lowest BCUT2D eigenvalue weighted by molar-refractivity contribution is 1.05. The number of benzene rings is 1. The average Bonchev–Trinajstić information content (AvgIpc) is 2.62. The number of hydrogen-bond donors (Lipinski definition) is 2. The molecule has 3 aromatic rings. The molecule has 0 unspecified atom stereocenters. The highest BCUT2D eigenvalue weighted by Crippen LogP contribution is 2.20. The number of aromatic nitrogens is 3. The van der Waals surface area contributed by atoms with Gasteiger partial charge in [-0.3, -0.25) is 4.98 Å². The predicted octanol–water partition coefficient (Wildman–Crippen LogP) is 4.35. The Hall–Kier alpha value is -2.47. The van der Waals surface area contributed by atoms with E-state index in [1.165, 1.54) is 5.56 Å². The molecule has 0 aliphatic carbocycles. The molecule has 0 bridgehead atoms. The van der Waals surface area contributed by atoms with Crippen LogP contribution in [-0.2, 0) is 6.54 Å². The molecule has 0 saturated heterocycles. The van der Waals surface area contributed by atoms with E-state index < -0.39 is 0 Å². The van der Waals surface area contributed by atoms with Gasteiger partial charge < -0.3 is 10.6 Å².